The van der Waals surface area contributed by atoms with Crippen LogP contribution in [0.15, 0.2) is 36.5 Å². The van der Waals surface area contributed by atoms with E-state index in [-0.39, 0.29) is 12.2 Å². The van der Waals surface area contributed by atoms with E-state index in [0.717, 1.165) is 17.5 Å². The minimum Gasteiger partial charge on any atom is -0.455 e. The van der Waals surface area contributed by atoms with Crippen LogP contribution in [0.3, 0.4) is 0 Å². The molecule has 1 unspecified atom stereocenters. The molecule has 1 atom stereocenters. The number of nitrogens with zero attached hydrogens (tertiary/aromatic N) is 1. The van der Waals surface area contributed by atoms with Crippen molar-refractivity contribution >= 4 is 5.91 Å². The Balaban J connectivity index is 2.13. The van der Waals surface area contributed by atoms with Crippen molar-refractivity contribution in [1.82, 2.24) is 4.98 Å². The smallest absolute Gasteiger partial charge is 0.267 e. The average Bonchev–Trinajstić information content (AvgIpc) is 2.57. The molecule has 1 aromatic heterocycles. The number of hydrogen-bond donors (Lipinski definition) is 2. The summed E-state index contributed by atoms with van der Waals surface area (Å²) in [7, 11) is 0. The van der Waals surface area contributed by atoms with E-state index in [9.17, 15) is 9.18 Å². The van der Waals surface area contributed by atoms with Crippen LogP contribution in [0, 0.1) is 0 Å². The summed E-state index contributed by atoms with van der Waals surface area (Å²) in [4.78, 5) is 14.9. The third-order valence-electron chi connectivity index (χ3n) is 3.62. The summed E-state index contributed by atoms with van der Waals surface area (Å²) < 4.78 is 19.5. The number of primary amides is 1. The molecule has 0 aliphatic heterocycles. The lowest BCUT2D eigenvalue weighted by molar-refractivity contribution is 0.0995. The monoisotopic (exact) mass is 331 g/mol. The van der Waals surface area contributed by atoms with Gasteiger partial charge < -0.3 is 16.2 Å². The van der Waals surface area contributed by atoms with Crippen LogP contribution >= 0.6 is 0 Å². The summed E-state index contributed by atoms with van der Waals surface area (Å²) in [6.07, 6.45) is 2.32. The molecule has 1 amide bonds. The molecule has 24 heavy (non-hydrogen) atoms. The van der Waals surface area contributed by atoms with Gasteiger partial charge in [-0.1, -0.05) is 25.5 Å². The number of amides is 1. The van der Waals surface area contributed by atoms with Crippen LogP contribution in [0.1, 0.15) is 41.4 Å². The van der Waals surface area contributed by atoms with Crippen molar-refractivity contribution in [1.29, 1.82) is 0 Å². The Morgan fingerprint density at radius 3 is 2.71 bits per heavy atom. The Hall–Kier alpha value is -2.47. The average molecular weight is 331 g/mol. The fourth-order valence-electron chi connectivity index (χ4n) is 2.40. The predicted molar refractivity (Wildman–Crippen MR) is 90.7 cm³/mol. The zero-order chi connectivity index (χ0) is 17.5. The molecule has 0 aliphatic rings. The Bertz CT molecular complexity index is 689. The van der Waals surface area contributed by atoms with Crippen LogP contribution in [0.25, 0.3) is 0 Å². The second-order valence-corrected chi connectivity index (χ2v) is 5.58. The number of halogens is 1. The standard InChI is InChI=1S/C18H22FN3O2/c1-2-3-14(19)9-12-4-7-17(13(8-12)10-20)24-15-5-6-16(18(21)23)22-11-15/h4-8,11,14H,2-3,9-10,20H2,1H3,(H2,21,23). The maximum absolute atomic E-state index is 13.8. The summed E-state index contributed by atoms with van der Waals surface area (Å²) in [5.41, 5.74) is 12.8. The van der Waals surface area contributed by atoms with Crippen molar-refractivity contribution in [2.24, 2.45) is 11.5 Å². The zero-order valence-corrected chi connectivity index (χ0v) is 13.7. The molecule has 128 valence electrons. The number of benzene rings is 1. The summed E-state index contributed by atoms with van der Waals surface area (Å²) in [5.74, 6) is 0.457. The number of hydrogen-bond acceptors (Lipinski definition) is 4. The van der Waals surface area contributed by atoms with E-state index in [1.807, 2.05) is 19.1 Å². The Morgan fingerprint density at radius 1 is 1.33 bits per heavy atom. The summed E-state index contributed by atoms with van der Waals surface area (Å²) in [6, 6.07) is 8.58. The Labute approximate surface area is 140 Å². The molecule has 4 N–H and O–H groups in total. The molecular weight excluding hydrogens is 309 g/mol. The Morgan fingerprint density at radius 2 is 2.12 bits per heavy atom. The van der Waals surface area contributed by atoms with Crippen molar-refractivity contribution in [2.45, 2.75) is 38.9 Å². The molecule has 1 aromatic carbocycles. The van der Waals surface area contributed by atoms with E-state index in [1.165, 1.54) is 12.3 Å². The molecule has 2 rings (SSSR count). The van der Waals surface area contributed by atoms with Crippen LogP contribution in [-0.2, 0) is 13.0 Å². The third kappa shape index (κ3) is 4.76. The molecule has 0 aliphatic carbocycles. The fourth-order valence-corrected chi connectivity index (χ4v) is 2.40. The minimum atomic E-state index is -0.849. The third-order valence-corrected chi connectivity index (χ3v) is 3.62. The van der Waals surface area contributed by atoms with Crippen LogP contribution in [-0.4, -0.2) is 17.1 Å². The molecule has 0 saturated carbocycles. The highest BCUT2D eigenvalue weighted by molar-refractivity contribution is 5.90. The predicted octanol–water partition coefficient (Wildman–Crippen LogP) is 3.11. The van der Waals surface area contributed by atoms with Gasteiger partial charge in [0.05, 0.1) is 6.20 Å². The molecule has 0 saturated heterocycles. The SMILES string of the molecule is CCCC(F)Cc1ccc(Oc2ccc(C(N)=O)nc2)c(CN)c1. The first-order valence-corrected chi connectivity index (χ1v) is 7.93. The van der Waals surface area contributed by atoms with Gasteiger partial charge in [0.1, 0.15) is 23.4 Å². The van der Waals surface area contributed by atoms with Gasteiger partial charge in [0, 0.05) is 18.5 Å². The number of nitrogens with two attached hydrogens (primary N) is 2. The van der Waals surface area contributed by atoms with Crippen LogP contribution in [0.4, 0.5) is 4.39 Å². The second kappa shape index (κ2) is 8.40. The molecule has 6 heteroatoms. The van der Waals surface area contributed by atoms with Gasteiger partial charge in [-0.3, -0.25) is 4.79 Å². The molecule has 0 bridgehead atoms. The number of alkyl halides is 1. The lowest BCUT2D eigenvalue weighted by Gasteiger charge is -2.13. The molecular formula is C18H22FN3O2. The van der Waals surface area contributed by atoms with Gasteiger partial charge in [-0.05, 0) is 30.2 Å². The van der Waals surface area contributed by atoms with Crippen molar-refractivity contribution in [2.75, 3.05) is 0 Å². The van der Waals surface area contributed by atoms with Gasteiger partial charge in [-0.15, -0.1) is 0 Å². The maximum atomic E-state index is 13.8. The number of aromatic nitrogens is 1. The summed E-state index contributed by atoms with van der Waals surface area (Å²) in [5, 5.41) is 0. The highest BCUT2D eigenvalue weighted by Crippen LogP contribution is 2.26. The topological polar surface area (TPSA) is 91.2 Å². The first-order valence-electron chi connectivity index (χ1n) is 7.93. The lowest BCUT2D eigenvalue weighted by atomic mass is 10.0. The lowest BCUT2D eigenvalue weighted by Crippen LogP contribution is -2.12. The Kier molecular flexibility index (Phi) is 6.26. The fraction of sp³-hybridized carbons (Fsp3) is 0.333. The first-order chi connectivity index (χ1) is 11.5. The van der Waals surface area contributed by atoms with Crippen LogP contribution < -0.4 is 16.2 Å². The number of ether oxygens (including phenoxy) is 1. The van der Waals surface area contributed by atoms with Gasteiger partial charge in [0.2, 0.25) is 0 Å². The quantitative estimate of drug-likeness (QED) is 0.777. The molecule has 0 fully saturated rings. The minimum absolute atomic E-state index is 0.168. The van der Waals surface area contributed by atoms with E-state index in [1.54, 1.807) is 12.1 Å². The van der Waals surface area contributed by atoms with Crippen molar-refractivity contribution in [3.63, 3.8) is 0 Å². The molecule has 0 radical (unpaired) electrons. The molecule has 2 aromatic rings. The van der Waals surface area contributed by atoms with Crippen molar-refractivity contribution < 1.29 is 13.9 Å². The largest absolute Gasteiger partial charge is 0.455 e. The highest BCUT2D eigenvalue weighted by atomic mass is 19.1. The molecule has 1 heterocycles. The van der Waals surface area contributed by atoms with E-state index >= 15 is 0 Å². The highest BCUT2D eigenvalue weighted by Gasteiger charge is 2.11. The number of carbonyl (C=O) groups excluding carboxylic acids is 1. The second-order valence-electron chi connectivity index (χ2n) is 5.58. The van der Waals surface area contributed by atoms with E-state index < -0.39 is 12.1 Å². The van der Waals surface area contributed by atoms with Crippen LogP contribution in [0.2, 0.25) is 0 Å². The maximum Gasteiger partial charge on any atom is 0.267 e. The summed E-state index contributed by atoms with van der Waals surface area (Å²) >= 11 is 0. The van der Waals surface area contributed by atoms with Gasteiger partial charge in [-0.25, -0.2) is 9.37 Å². The molecule has 0 spiro atoms. The van der Waals surface area contributed by atoms with Crippen LogP contribution in [0.5, 0.6) is 11.5 Å². The van der Waals surface area contributed by atoms with Gasteiger partial charge >= 0.3 is 0 Å². The van der Waals surface area contributed by atoms with Gasteiger partial charge in [0.15, 0.2) is 0 Å². The van der Waals surface area contributed by atoms with Gasteiger partial charge in [-0.2, -0.15) is 0 Å². The van der Waals surface area contributed by atoms with E-state index in [0.29, 0.717) is 24.3 Å². The number of rotatable bonds is 8. The van der Waals surface area contributed by atoms with Gasteiger partial charge in [0.25, 0.3) is 5.91 Å². The van der Waals surface area contributed by atoms with Crippen molar-refractivity contribution in [3.05, 3.63) is 53.3 Å². The van der Waals surface area contributed by atoms with E-state index in [4.69, 9.17) is 16.2 Å². The zero-order valence-electron chi connectivity index (χ0n) is 13.7. The normalized spacial score (nSPS) is 12.0. The van der Waals surface area contributed by atoms with E-state index in [2.05, 4.69) is 4.98 Å². The number of pyridine rings is 1. The first kappa shape index (κ1) is 17.9. The molecule has 5 nitrogen and oxygen atoms in total. The van der Waals surface area contributed by atoms with Crippen molar-refractivity contribution in [3.8, 4) is 11.5 Å². The number of carbonyl (C=O) groups is 1. The summed E-state index contributed by atoms with van der Waals surface area (Å²) in [6.45, 7) is 2.24.